The number of aliphatic carboxylic acids is 1. The van der Waals surface area contributed by atoms with E-state index >= 15 is 0 Å². The van der Waals surface area contributed by atoms with E-state index in [-0.39, 0.29) is 6.54 Å². The van der Waals surface area contributed by atoms with Crippen LogP contribution in [0, 0.1) is 0 Å². The summed E-state index contributed by atoms with van der Waals surface area (Å²) in [5.41, 5.74) is 0. The van der Waals surface area contributed by atoms with Gasteiger partial charge in [0.1, 0.15) is 6.54 Å². The van der Waals surface area contributed by atoms with Gasteiger partial charge in [-0.05, 0) is 12.8 Å². The Bertz CT molecular complexity index is 485. The number of unbranched alkanes of at least 4 members (excludes halogenated alkanes) is 3. The van der Waals surface area contributed by atoms with Crippen LogP contribution in [0.5, 0.6) is 0 Å². The number of rotatable bonds is 11. The highest BCUT2D eigenvalue weighted by Gasteiger charge is 2.21. The molecule has 0 aliphatic heterocycles. The predicted octanol–water partition coefficient (Wildman–Crippen LogP) is 1.44. The SMILES string of the molecule is [2H]C([2H])([2H])[N+](C)(C)C[C@@H](CC(=O)[O-])OC(=O)/C=C/C=C\CCCCC. The van der Waals surface area contributed by atoms with Gasteiger partial charge in [0.2, 0.25) is 0 Å². The van der Waals surface area contributed by atoms with Crippen LogP contribution in [-0.4, -0.2) is 50.1 Å². The third-order valence-electron chi connectivity index (χ3n) is 2.79. The molecule has 0 N–H and O–H groups in total. The molecule has 0 radical (unpaired) electrons. The van der Waals surface area contributed by atoms with Crippen molar-refractivity contribution in [3.63, 3.8) is 0 Å². The first kappa shape index (κ1) is 15.3. The molecule has 0 aromatic rings. The number of ether oxygens (including phenoxy) is 1. The van der Waals surface area contributed by atoms with Gasteiger partial charge in [0.15, 0.2) is 6.10 Å². The van der Waals surface area contributed by atoms with Crippen LogP contribution in [0.1, 0.15) is 43.1 Å². The highest BCUT2D eigenvalue weighted by molar-refractivity contribution is 5.82. The average Bonchev–Trinajstić information content (AvgIpc) is 2.43. The lowest BCUT2D eigenvalue weighted by molar-refractivity contribution is -0.873. The first-order valence-electron chi connectivity index (χ1n) is 9.06. The zero-order chi connectivity index (χ0) is 19.5. The van der Waals surface area contributed by atoms with Crippen molar-refractivity contribution in [1.82, 2.24) is 0 Å². The van der Waals surface area contributed by atoms with Crippen molar-refractivity contribution < 1.29 is 28.0 Å². The van der Waals surface area contributed by atoms with Crippen molar-refractivity contribution in [1.29, 1.82) is 0 Å². The summed E-state index contributed by atoms with van der Waals surface area (Å²) in [4.78, 5) is 22.6. The molecule has 0 amide bonds. The largest absolute Gasteiger partial charge is 0.550 e. The molecule has 0 aliphatic rings. The summed E-state index contributed by atoms with van der Waals surface area (Å²) in [6.45, 7) is -0.389. The Hall–Kier alpha value is -1.62. The maximum Gasteiger partial charge on any atom is 0.331 e. The monoisotopic (exact) mass is 314 g/mol. The molecule has 0 spiro atoms. The zero-order valence-corrected chi connectivity index (χ0v) is 13.7. The Labute approximate surface area is 138 Å². The van der Waals surface area contributed by atoms with Crippen LogP contribution in [0.3, 0.4) is 0 Å². The van der Waals surface area contributed by atoms with Gasteiger partial charge in [-0.15, -0.1) is 0 Å². The summed E-state index contributed by atoms with van der Waals surface area (Å²) in [6, 6.07) is 0. The van der Waals surface area contributed by atoms with Gasteiger partial charge in [0, 0.05) is 18.5 Å². The fraction of sp³-hybridized carbons (Fsp3) is 0.647. The number of quaternary nitrogens is 1. The van der Waals surface area contributed by atoms with Crippen molar-refractivity contribution in [2.24, 2.45) is 0 Å². The van der Waals surface area contributed by atoms with Gasteiger partial charge in [-0.2, -0.15) is 0 Å². The third-order valence-corrected chi connectivity index (χ3v) is 2.79. The van der Waals surface area contributed by atoms with Crippen molar-refractivity contribution in [3.05, 3.63) is 24.3 Å². The van der Waals surface area contributed by atoms with Gasteiger partial charge in [-0.3, -0.25) is 0 Å². The third kappa shape index (κ3) is 13.4. The molecule has 0 aromatic heterocycles. The number of carboxylic acid groups (broad SMARTS) is 1. The van der Waals surface area contributed by atoms with Gasteiger partial charge < -0.3 is 19.1 Å². The molecule has 0 aliphatic carbocycles. The minimum atomic E-state index is -2.35. The number of carbonyl (C=O) groups excluding carboxylic acids is 2. The molecule has 5 nitrogen and oxygen atoms in total. The van der Waals surface area contributed by atoms with Gasteiger partial charge in [-0.1, -0.05) is 38.0 Å². The Morgan fingerprint density at radius 3 is 2.64 bits per heavy atom. The number of allylic oxidation sites excluding steroid dienone is 3. The summed E-state index contributed by atoms with van der Waals surface area (Å²) < 4.78 is 27.0. The maximum absolute atomic E-state index is 11.8. The summed E-state index contributed by atoms with van der Waals surface area (Å²) in [6.07, 6.45) is 9.04. The van der Waals surface area contributed by atoms with Gasteiger partial charge >= 0.3 is 5.97 Å². The summed E-state index contributed by atoms with van der Waals surface area (Å²) in [5, 5.41) is 10.8. The maximum atomic E-state index is 11.8. The summed E-state index contributed by atoms with van der Waals surface area (Å²) in [7, 11) is 2.86. The lowest BCUT2D eigenvalue weighted by Crippen LogP contribution is -2.45. The topological polar surface area (TPSA) is 66.4 Å². The lowest BCUT2D eigenvalue weighted by Gasteiger charge is -2.28. The van der Waals surface area contributed by atoms with Crippen LogP contribution in [0.25, 0.3) is 0 Å². The molecule has 0 fully saturated rings. The van der Waals surface area contributed by atoms with Crippen LogP contribution >= 0.6 is 0 Å². The molecule has 0 heterocycles. The Morgan fingerprint density at radius 1 is 1.32 bits per heavy atom. The highest BCUT2D eigenvalue weighted by atomic mass is 16.5. The molecule has 0 saturated carbocycles. The molecule has 1 atom stereocenters. The predicted molar refractivity (Wildman–Crippen MR) is 84.8 cm³/mol. The first-order chi connectivity index (χ1) is 11.5. The highest BCUT2D eigenvalue weighted by Crippen LogP contribution is 2.05. The van der Waals surface area contributed by atoms with E-state index in [1.54, 1.807) is 6.08 Å². The van der Waals surface area contributed by atoms with Crippen molar-refractivity contribution in [2.45, 2.75) is 45.1 Å². The van der Waals surface area contributed by atoms with E-state index in [1.165, 1.54) is 26.2 Å². The summed E-state index contributed by atoms with van der Waals surface area (Å²) >= 11 is 0. The number of esters is 1. The Balaban J connectivity index is 4.66. The van der Waals surface area contributed by atoms with Crippen molar-refractivity contribution >= 4 is 11.9 Å². The Kier molecular flexibility index (Phi) is 7.65. The first-order valence-corrected chi connectivity index (χ1v) is 7.56. The smallest absolute Gasteiger partial charge is 0.331 e. The molecular weight excluding hydrogens is 282 g/mol. The van der Waals surface area contributed by atoms with E-state index in [4.69, 9.17) is 8.85 Å². The fourth-order valence-electron chi connectivity index (χ4n) is 1.86. The average molecular weight is 314 g/mol. The second kappa shape index (κ2) is 11.0. The van der Waals surface area contributed by atoms with Gasteiger partial charge in [-0.25, -0.2) is 4.79 Å². The molecule has 5 heteroatoms. The number of carboxylic acids is 1. The molecule has 0 rings (SSSR count). The molecule has 22 heavy (non-hydrogen) atoms. The van der Waals surface area contributed by atoms with Crippen LogP contribution in [-0.2, 0) is 14.3 Å². The van der Waals surface area contributed by atoms with Crippen LogP contribution in [0.15, 0.2) is 24.3 Å². The fourth-order valence-corrected chi connectivity index (χ4v) is 1.86. The molecule has 0 saturated heterocycles. The number of carbonyl (C=O) groups is 2. The zero-order valence-electron chi connectivity index (χ0n) is 16.7. The van der Waals surface area contributed by atoms with E-state index < -0.39 is 35.9 Å². The van der Waals surface area contributed by atoms with Crippen molar-refractivity contribution in [2.75, 3.05) is 27.6 Å². The standard InChI is InChI=1S/C17H29NO4/c1-5-6-7-8-9-10-11-12-17(21)22-15(13-16(19)20)14-18(2,3)4/h9-12,15H,5-8,13-14H2,1-4H3/b10-9-,12-11+/t15-/m1/s1/i2D3. The molecule has 0 aromatic carbocycles. The number of hydrogen-bond acceptors (Lipinski definition) is 4. The molecule has 126 valence electrons. The molecule has 0 bridgehead atoms. The van der Waals surface area contributed by atoms with E-state index in [0.717, 1.165) is 25.7 Å². The van der Waals surface area contributed by atoms with Crippen molar-refractivity contribution in [3.8, 4) is 0 Å². The molecular formula is C17H29NO4. The summed E-state index contributed by atoms with van der Waals surface area (Å²) in [5.74, 6) is -2.11. The van der Waals surface area contributed by atoms with E-state index in [1.807, 2.05) is 6.08 Å². The van der Waals surface area contributed by atoms with E-state index in [2.05, 4.69) is 6.92 Å². The van der Waals surface area contributed by atoms with Crippen LogP contribution in [0.4, 0.5) is 0 Å². The molecule has 0 unspecified atom stereocenters. The second-order valence-corrected chi connectivity index (χ2v) is 5.79. The van der Waals surface area contributed by atoms with Crippen LogP contribution in [0.2, 0.25) is 0 Å². The lowest BCUT2D eigenvalue weighted by atomic mass is 10.2. The number of likely N-dealkylation sites (N-methyl/N-ethyl adjacent to an activating group) is 1. The Morgan fingerprint density at radius 2 is 2.05 bits per heavy atom. The quantitative estimate of drug-likeness (QED) is 0.190. The van der Waals surface area contributed by atoms with Gasteiger partial charge in [0.05, 0.1) is 25.2 Å². The second-order valence-electron chi connectivity index (χ2n) is 5.79. The minimum absolute atomic E-state index is 0.156. The number of nitrogens with zero attached hydrogens (tertiary/aromatic N) is 1. The minimum Gasteiger partial charge on any atom is -0.550 e. The number of hydrogen-bond donors (Lipinski definition) is 0. The van der Waals surface area contributed by atoms with Crippen LogP contribution < -0.4 is 5.11 Å². The van der Waals surface area contributed by atoms with Gasteiger partial charge in [0.25, 0.3) is 0 Å². The van der Waals surface area contributed by atoms with E-state index in [9.17, 15) is 14.7 Å². The normalized spacial score (nSPS) is 16.2. The van der Waals surface area contributed by atoms with E-state index in [0.29, 0.717) is 0 Å².